The topological polar surface area (TPSA) is 69.6 Å². The van der Waals surface area contributed by atoms with Gasteiger partial charge in [-0.25, -0.2) is 0 Å². The van der Waals surface area contributed by atoms with Gasteiger partial charge in [0.2, 0.25) is 5.91 Å². The van der Waals surface area contributed by atoms with Gasteiger partial charge in [-0.3, -0.25) is 4.79 Å². The lowest BCUT2D eigenvalue weighted by Crippen LogP contribution is -2.45. The van der Waals surface area contributed by atoms with E-state index >= 15 is 0 Å². The van der Waals surface area contributed by atoms with Crippen LogP contribution < -0.4 is 5.32 Å². The minimum atomic E-state index is -0.888. The molecule has 0 aliphatic heterocycles. The summed E-state index contributed by atoms with van der Waals surface area (Å²) in [4.78, 5) is 12.5. The Balaban J connectivity index is 3.64. The second kappa shape index (κ2) is 66.5. The number of aliphatic hydroxyl groups is 2. The molecule has 0 rings (SSSR count). The van der Waals surface area contributed by atoms with Crippen LogP contribution >= 0.6 is 0 Å². The molecule has 0 radical (unpaired) electrons. The third kappa shape index (κ3) is 63.0. The van der Waals surface area contributed by atoms with E-state index in [1.165, 1.54) is 161 Å². The fourth-order valence-corrected chi connectivity index (χ4v) is 9.15. The number of hydrogen-bond acceptors (Lipinski definition) is 3. The third-order valence-corrected chi connectivity index (χ3v) is 14.0. The van der Waals surface area contributed by atoms with Gasteiger partial charge in [0.05, 0.1) is 18.8 Å². The van der Waals surface area contributed by atoms with E-state index in [2.05, 4.69) is 153 Å². The number of carbonyl (C=O) groups excluding carboxylic acids is 1. The third-order valence-electron chi connectivity index (χ3n) is 14.0. The minimum absolute atomic E-state index is 0.0934. The van der Waals surface area contributed by atoms with Gasteiger partial charge in [-0.05, 0) is 116 Å². The molecule has 0 saturated heterocycles. The number of nitrogens with one attached hydrogen (secondary N) is 1. The zero-order valence-electron chi connectivity index (χ0n) is 50.4. The summed E-state index contributed by atoms with van der Waals surface area (Å²) in [5, 5.41) is 23.2. The van der Waals surface area contributed by atoms with E-state index in [1.807, 2.05) is 6.08 Å². The summed E-state index contributed by atoms with van der Waals surface area (Å²) < 4.78 is 0. The first-order valence-corrected chi connectivity index (χ1v) is 32.5. The summed E-state index contributed by atoms with van der Waals surface area (Å²) in [5.41, 5.74) is 0. The van der Waals surface area contributed by atoms with Crippen LogP contribution in [0.15, 0.2) is 146 Å². The Morgan fingerprint density at radius 3 is 0.909 bits per heavy atom. The minimum Gasteiger partial charge on any atom is -0.394 e. The van der Waals surface area contributed by atoms with Crippen LogP contribution in [0.3, 0.4) is 0 Å². The van der Waals surface area contributed by atoms with Gasteiger partial charge in [-0.2, -0.15) is 0 Å². The lowest BCUT2D eigenvalue weighted by molar-refractivity contribution is -0.123. The first-order chi connectivity index (χ1) is 38.2. The van der Waals surface area contributed by atoms with Gasteiger partial charge in [-0.1, -0.05) is 314 Å². The number of allylic oxidation sites excluding steroid dienone is 23. The van der Waals surface area contributed by atoms with E-state index in [0.717, 1.165) is 109 Å². The summed E-state index contributed by atoms with van der Waals surface area (Å²) in [5.74, 6) is -0.0934. The molecule has 77 heavy (non-hydrogen) atoms. The van der Waals surface area contributed by atoms with Crippen LogP contribution in [0.25, 0.3) is 0 Å². The summed E-state index contributed by atoms with van der Waals surface area (Å²) in [6, 6.07) is -0.665. The lowest BCUT2D eigenvalue weighted by Gasteiger charge is -2.19. The molecule has 0 saturated carbocycles. The zero-order valence-corrected chi connectivity index (χ0v) is 50.4. The van der Waals surface area contributed by atoms with E-state index in [9.17, 15) is 15.0 Å². The molecule has 0 spiro atoms. The van der Waals surface area contributed by atoms with Crippen molar-refractivity contribution in [3.63, 3.8) is 0 Å². The van der Waals surface area contributed by atoms with Crippen molar-refractivity contribution in [1.29, 1.82) is 0 Å². The standard InChI is InChI=1S/C73H123NO3/c1-3-5-7-9-11-13-15-17-19-21-23-25-27-29-31-33-35-36-37-38-39-41-43-45-47-49-51-53-55-57-59-61-63-65-67-69-73(77)74-71(70-75)72(76)68-66-64-62-60-58-56-54-52-50-48-46-44-42-40-34-32-30-28-26-24-22-20-18-16-14-12-10-8-6-4-2/h5,7,11,13,17,19,23,25,29,31,35-36,38-39,43,45,49-52,58,60,66,68,71-72,75-76H,3-4,6,8-10,12,14-16,18,20-22,24,26-28,30,32-34,37,40-42,44,46-48,53-57,59,61-65,67,69-70H2,1-2H3,(H,74,77)/b7-5-,13-11-,19-17-,25-23-,31-29-,36-35-,39-38-,45-43-,51-49-,52-50+,60-58+,68-66+. The normalized spacial score (nSPS) is 13.8. The molecule has 0 fully saturated rings. The van der Waals surface area contributed by atoms with Crippen molar-refractivity contribution >= 4 is 5.91 Å². The van der Waals surface area contributed by atoms with Crippen LogP contribution in [0.2, 0.25) is 0 Å². The van der Waals surface area contributed by atoms with Gasteiger partial charge >= 0.3 is 0 Å². The first kappa shape index (κ1) is 73.3. The molecule has 4 heteroatoms. The van der Waals surface area contributed by atoms with Crippen molar-refractivity contribution in [3.8, 4) is 0 Å². The number of amides is 1. The van der Waals surface area contributed by atoms with Gasteiger partial charge in [0.1, 0.15) is 0 Å². The van der Waals surface area contributed by atoms with Crippen LogP contribution in [0.5, 0.6) is 0 Å². The van der Waals surface area contributed by atoms with Crippen LogP contribution in [-0.4, -0.2) is 34.9 Å². The maximum Gasteiger partial charge on any atom is 0.220 e. The predicted molar refractivity (Wildman–Crippen MR) is 345 cm³/mol. The molecule has 438 valence electrons. The highest BCUT2D eigenvalue weighted by Crippen LogP contribution is 2.16. The van der Waals surface area contributed by atoms with Gasteiger partial charge < -0.3 is 15.5 Å². The zero-order chi connectivity index (χ0) is 55.5. The monoisotopic (exact) mass is 1060 g/mol. The van der Waals surface area contributed by atoms with E-state index in [1.54, 1.807) is 6.08 Å². The Morgan fingerprint density at radius 2 is 0.584 bits per heavy atom. The highest BCUT2D eigenvalue weighted by molar-refractivity contribution is 5.76. The van der Waals surface area contributed by atoms with Crippen molar-refractivity contribution in [2.24, 2.45) is 0 Å². The summed E-state index contributed by atoms with van der Waals surface area (Å²) in [6.07, 6.45) is 105. The molecule has 3 N–H and O–H groups in total. The molecule has 2 atom stereocenters. The molecule has 2 unspecified atom stereocenters. The molecule has 4 nitrogen and oxygen atoms in total. The molecular formula is C73H123NO3. The van der Waals surface area contributed by atoms with Crippen LogP contribution in [-0.2, 0) is 4.79 Å². The number of aliphatic hydroxyl groups excluding tert-OH is 2. The molecule has 0 heterocycles. The average Bonchev–Trinajstić information content (AvgIpc) is 3.43. The van der Waals surface area contributed by atoms with Crippen molar-refractivity contribution in [2.75, 3.05) is 6.61 Å². The molecule has 0 aromatic heterocycles. The molecule has 0 aromatic rings. The predicted octanol–water partition coefficient (Wildman–Crippen LogP) is 22.3. The largest absolute Gasteiger partial charge is 0.394 e. The first-order valence-electron chi connectivity index (χ1n) is 32.5. The highest BCUT2D eigenvalue weighted by Gasteiger charge is 2.18. The summed E-state index contributed by atoms with van der Waals surface area (Å²) in [7, 11) is 0. The summed E-state index contributed by atoms with van der Waals surface area (Å²) in [6.45, 7) is 4.19. The lowest BCUT2D eigenvalue weighted by atomic mass is 10.0. The molecule has 0 aliphatic carbocycles. The Morgan fingerprint density at radius 1 is 0.325 bits per heavy atom. The Bertz CT molecular complexity index is 1580. The second-order valence-electron chi connectivity index (χ2n) is 21.4. The Kier molecular flexibility index (Phi) is 63.3. The van der Waals surface area contributed by atoms with Gasteiger partial charge in [0, 0.05) is 6.42 Å². The number of rotatable bonds is 58. The maximum absolute atomic E-state index is 12.5. The van der Waals surface area contributed by atoms with Crippen molar-refractivity contribution in [2.45, 2.75) is 302 Å². The van der Waals surface area contributed by atoms with Crippen LogP contribution in [0.1, 0.15) is 290 Å². The van der Waals surface area contributed by atoms with Gasteiger partial charge in [0.15, 0.2) is 0 Å². The van der Waals surface area contributed by atoms with E-state index < -0.39 is 12.1 Å². The van der Waals surface area contributed by atoms with Crippen LogP contribution in [0.4, 0.5) is 0 Å². The number of carbonyl (C=O) groups is 1. The van der Waals surface area contributed by atoms with Crippen molar-refractivity contribution in [1.82, 2.24) is 5.32 Å². The number of unbranched alkanes of at least 4 members (excludes halogenated alkanes) is 29. The van der Waals surface area contributed by atoms with Gasteiger partial charge in [-0.15, -0.1) is 0 Å². The van der Waals surface area contributed by atoms with Gasteiger partial charge in [0.25, 0.3) is 0 Å². The SMILES string of the molecule is CC/C=C\C/C=C\C/C=C\C/C=C\C/C=C\C/C=C\C/C=C\C/C=C\C/C=C\CCCCCCCCCC(=O)NC(CO)C(O)/C=C/CC/C=C/CC/C=C/CCCCCCCCCCCCCCCCCCCCCC. The fourth-order valence-electron chi connectivity index (χ4n) is 9.15. The maximum atomic E-state index is 12.5. The quantitative estimate of drug-likeness (QED) is 0.0420. The Hall–Kier alpha value is -3.73. The smallest absolute Gasteiger partial charge is 0.220 e. The summed E-state index contributed by atoms with van der Waals surface area (Å²) >= 11 is 0. The molecule has 0 aliphatic rings. The van der Waals surface area contributed by atoms with E-state index in [0.29, 0.717) is 6.42 Å². The van der Waals surface area contributed by atoms with Crippen molar-refractivity contribution in [3.05, 3.63) is 146 Å². The highest BCUT2D eigenvalue weighted by atomic mass is 16.3. The fraction of sp³-hybridized carbons (Fsp3) is 0.658. The Labute approximate surface area is 478 Å². The second-order valence-corrected chi connectivity index (χ2v) is 21.4. The molecular weight excluding hydrogens is 939 g/mol. The average molecular weight is 1060 g/mol. The van der Waals surface area contributed by atoms with Crippen LogP contribution in [0, 0.1) is 0 Å². The molecule has 0 bridgehead atoms. The van der Waals surface area contributed by atoms with E-state index in [-0.39, 0.29) is 12.5 Å². The molecule has 0 aromatic carbocycles. The van der Waals surface area contributed by atoms with Crippen molar-refractivity contribution < 1.29 is 15.0 Å². The number of hydrogen-bond donors (Lipinski definition) is 3. The molecule has 1 amide bonds. The van der Waals surface area contributed by atoms with E-state index in [4.69, 9.17) is 0 Å².